The number of fused-ring (bicyclic) bond motifs is 1. The van der Waals surface area contributed by atoms with Gasteiger partial charge in [-0.1, -0.05) is 38.1 Å². The molecule has 13 heteroatoms. The number of aromatic nitrogens is 3. The van der Waals surface area contributed by atoms with Gasteiger partial charge in [-0.2, -0.15) is 18.3 Å². The van der Waals surface area contributed by atoms with Crippen LogP contribution in [0.4, 0.5) is 40.8 Å². The fourth-order valence-corrected chi connectivity index (χ4v) is 3.41. The summed E-state index contributed by atoms with van der Waals surface area (Å²) in [6, 6.07) is 7.13. The fourth-order valence-electron chi connectivity index (χ4n) is 3.41. The first kappa shape index (κ1) is 25.1. The van der Waals surface area contributed by atoms with E-state index in [9.17, 15) is 39.9 Å². The highest BCUT2D eigenvalue weighted by atomic mass is 19.4. The largest absolute Gasteiger partial charge is 0.433 e. The molecule has 1 amide bonds. The zero-order valence-electron chi connectivity index (χ0n) is 18.3. The van der Waals surface area contributed by atoms with Crippen LogP contribution in [0.2, 0.25) is 0 Å². The van der Waals surface area contributed by atoms with Crippen LogP contribution < -0.4 is 5.32 Å². The molecular weight excluding hydrogens is 500 g/mol. The van der Waals surface area contributed by atoms with Crippen molar-refractivity contribution in [1.29, 1.82) is 0 Å². The van der Waals surface area contributed by atoms with Crippen LogP contribution in [0.3, 0.4) is 0 Å². The number of anilines is 1. The topological polar surface area (TPSA) is 59.3 Å². The van der Waals surface area contributed by atoms with Crippen LogP contribution in [0.15, 0.2) is 36.5 Å². The molecule has 0 aliphatic carbocycles. The minimum absolute atomic E-state index is 0.146. The number of nitrogens with zero attached hydrogens (tertiary/aromatic N) is 3. The number of hydrogen-bond acceptors (Lipinski definition) is 3. The second-order valence-electron chi connectivity index (χ2n) is 7.99. The summed E-state index contributed by atoms with van der Waals surface area (Å²) in [5, 5.41) is 5.00. The van der Waals surface area contributed by atoms with Crippen molar-refractivity contribution in [3.63, 3.8) is 0 Å². The maximum absolute atomic E-state index is 14.0. The van der Waals surface area contributed by atoms with Gasteiger partial charge in [0.15, 0.2) is 34.6 Å². The number of benzene rings is 2. The first-order valence-electron chi connectivity index (χ1n) is 10.2. The Balaban J connectivity index is 1.85. The molecule has 5 nitrogen and oxygen atoms in total. The van der Waals surface area contributed by atoms with Crippen LogP contribution in [-0.4, -0.2) is 20.5 Å². The minimum Gasteiger partial charge on any atom is -0.317 e. The van der Waals surface area contributed by atoms with Crippen molar-refractivity contribution in [2.24, 2.45) is 0 Å². The summed E-state index contributed by atoms with van der Waals surface area (Å²) in [5.74, 6) is -13.1. The Morgan fingerprint density at radius 2 is 1.47 bits per heavy atom. The summed E-state index contributed by atoms with van der Waals surface area (Å²) < 4.78 is 110. The molecular formula is C23H14F8N4O. The Morgan fingerprint density at radius 3 is 2.00 bits per heavy atom. The molecule has 2 aromatic carbocycles. The lowest BCUT2D eigenvalue weighted by Crippen LogP contribution is -2.18. The van der Waals surface area contributed by atoms with E-state index in [1.54, 1.807) is 12.1 Å². The van der Waals surface area contributed by atoms with Gasteiger partial charge in [-0.25, -0.2) is 31.5 Å². The molecule has 2 heterocycles. The quantitative estimate of drug-likeness (QED) is 0.193. The number of rotatable bonds is 4. The van der Waals surface area contributed by atoms with E-state index in [2.05, 4.69) is 10.1 Å². The van der Waals surface area contributed by atoms with E-state index in [0.717, 1.165) is 5.56 Å². The summed E-state index contributed by atoms with van der Waals surface area (Å²) >= 11 is 0. The highest BCUT2D eigenvalue weighted by Gasteiger charge is 2.36. The van der Waals surface area contributed by atoms with Crippen LogP contribution in [0.5, 0.6) is 0 Å². The number of alkyl halides is 3. The molecule has 0 radical (unpaired) electrons. The summed E-state index contributed by atoms with van der Waals surface area (Å²) in [4.78, 5) is 16.7. The predicted molar refractivity (Wildman–Crippen MR) is 112 cm³/mol. The molecule has 0 unspecified atom stereocenters. The van der Waals surface area contributed by atoms with Gasteiger partial charge in [-0.15, -0.1) is 0 Å². The number of carbonyl (C=O) groups is 1. The number of amides is 1. The molecule has 0 aliphatic rings. The number of nitrogens with one attached hydrogen (secondary N) is 1. The van der Waals surface area contributed by atoms with E-state index in [1.165, 1.54) is 17.4 Å². The highest BCUT2D eigenvalue weighted by Crippen LogP contribution is 2.34. The molecule has 4 rings (SSSR count). The average Bonchev–Trinajstić information content (AvgIpc) is 3.27. The smallest absolute Gasteiger partial charge is 0.317 e. The van der Waals surface area contributed by atoms with E-state index >= 15 is 0 Å². The van der Waals surface area contributed by atoms with Gasteiger partial charge in [-0.05, 0) is 17.5 Å². The molecule has 36 heavy (non-hydrogen) atoms. The van der Waals surface area contributed by atoms with Crippen molar-refractivity contribution in [1.82, 2.24) is 14.6 Å². The van der Waals surface area contributed by atoms with Crippen molar-refractivity contribution in [3.05, 3.63) is 82.4 Å². The molecule has 4 aromatic rings. The third kappa shape index (κ3) is 4.25. The number of hydrogen-bond donors (Lipinski definition) is 1. The van der Waals surface area contributed by atoms with Crippen molar-refractivity contribution >= 4 is 17.2 Å². The van der Waals surface area contributed by atoms with Gasteiger partial charge in [0.05, 0.1) is 11.9 Å². The Morgan fingerprint density at radius 1 is 0.917 bits per heavy atom. The summed E-state index contributed by atoms with van der Waals surface area (Å²) in [6.45, 7) is 3.84. The molecule has 2 aromatic heterocycles. The Hall–Kier alpha value is -4.03. The van der Waals surface area contributed by atoms with Gasteiger partial charge in [-0.3, -0.25) is 4.79 Å². The van der Waals surface area contributed by atoms with E-state index in [0.29, 0.717) is 16.8 Å². The van der Waals surface area contributed by atoms with Gasteiger partial charge in [0, 0.05) is 5.56 Å². The molecule has 0 bridgehead atoms. The van der Waals surface area contributed by atoms with Gasteiger partial charge in [0.25, 0.3) is 5.91 Å². The lowest BCUT2D eigenvalue weighted by Gasteiger charge is -2.13. The van der Waals surface area contributed by atoms with Gasteiger partial charge in [0.1, 0.15) is 11.3 Å². The number of halogens is 8. The molecule has 0 saturated heterocycles. The van der Waals surface area contributed by atoms with Crippen molar-refractivity contribution in [2.75, 3.05) is 5.32 Å². The van der Waals surface area contributed by atoms with Gasteiger partial charge < -0.3 is 5.32 Å². The van der Waals surface area contributed by atoms with Gasteiger partial charge in [0.2, 0.25) is 5.82 Å². The molecule has 1 N–H and O–H groups in total. The second kappa shape index (κ2) is 8.88. The van der Waals surface area contributed by atoms with Crippen LogP contribution in [-0.2, 0) is 6.18 Å². The highest BCUT2D eigenvalue weighted by molar-refractivity contribution is 6.08. The van der Waals surface area contributed by atoms with E-state index in [1.807, 2.05) is 13.8 Å². The van der Waals surface area contributed by atoms with E-state index in [4.69, 9.17) is 0 Å². The fraction of sp³-hybridized carbons (Fsp3) is 0.174. The van der Waals surface area contributed by atoms with Crippen molar-refractivity contribution in [3.8, 4) is 11.3 Å². The van der Waals surface area contributed by atoms with Gasteiger partial charge >= 0.3 is 6.18 Å². The third-order valence-corrected chi connectivity index (χ3v) is 5.33. The summed E-state index contributed by atoms with van der Waals surface area (Å²) in [6.07, 6.45) is -4.32. The monoisotopic (exact) mass is 514 g/mol. The molecule has 0 saturated carbocycles. The first-order chi connectivity index (χ1) is 16.8. The summed E-state index contributed by atoms with van der Waals surface area (Å²) in [7, 11) is 0. The maximum atomic E-state index is 14.0. The van der Waals surface area contributed by atoms with Crippen LogP contribution >= 0.6 is 0 Å². The molecule has 0 fully saturated rings. The van der Waals surface area contributed by atoms with Crippen molar-refractivity contribution in [2.45, 2.75) is 25.9 Å². The molecule has 0 aliphatic heterocycles. The normalized spacial score (nSPS) is 12.0. The van der Waals surface area contributed by atoms with E-state index in [-0.39, 0.29) is 17.2 Å². The summed E-state index contributed by atoms with van der Waals surface area (Å²) in [5.41, 5.74) is -3.38. The lowest BCUT2D eigenvalue weighted by molar-refractivity contribution is -0.142. The predicted octanol–water partition coefficient (Wildman–Crippen LogP) is 6.49. The standard InChI is InChI=1S/C23H14F8N4O/c1-9(2)10-3-5-11(6-4-10)13-7-14(23(29,30)31)35-21(33-13)12(8-32-35)22(36)34-20-18(27)16(25)15(24)17(26)19(20)28/h3-9H,1-2H3,(H,34,36). The molecule has 0 spiro atoms. The minimum atomic E-state index is -4.95. The second-order valence-corrected chi connectivity index (χ2v) is 7.99. The maximum Gasteiger partial charge on any atom is 0.433 e. The molecule has 0 atom stereocenters. The zero-order chi connectivity index (χ0) is 26.5. The Kier molecular flexibility index (Phi) is 6.18. The Labute approximate surface area is 197 Å². The zero-order valence-corrected chi connectivity index (χ0v) is 18.3. The van der Waals surface area contributed by atoms with Crippen LogP contribution in [0.25, 0.3) is 16.9 Å². The Bertz CT molecular complexity index is 1460. The number of carbonyl (C=O) groups excluding carboxylic acids is 1. The lowest BCUT2D eigenvalue weighted by atomic mass is 10.0. The van der Waals surface area contributed by atoms with Crippen LogP contribution in [0, 0.1) is 29.1 Å². The third-order valence-electron chi connectivity index (χ3n) is 5.33. The van der Waals surface area contributed by atoms with Crippen molar-refractivity contribution < 1.29 is 39.9 Å². The average molecular weight is 514 g/mol. The van der Waals surface area contributed by atoms with Crippen LogP contribution in [0.1, 0.15) is 41.4 Å². The SMILES string of the molecule is CC(C)c1ccc(-c2cc(C(F)(F)F)n3ncc(C(=O)Nc4c(F)c(F)c(F)c(F)c4F)c3n2)cc1. The molecule has 188 valence electrons. The first-order valence-corrected chi connectivity index (χ1v) is 10.2. The van der Waals surface area contributed by atoms with E-state index < -0.39 is 63.8 Å².